The van der Waals surface area contributed by atoms with Crippen LogP contribution < -0.4 is 10.2 Å². The summed E-state index contributed by atoms with van der Waals surface area (Å²) < 4.78 is 49.2. The van der Waals surface area contributed by atoms with Gasteiger partial charge in [0, 0.05) is 45.5 Å². The Morgan fingerprint density at radius 3 is 2.48 bits per heavy atom. The lowest BCUT2D eigenvalue weighted by molar-refractivity contribution is -0.137. The molecule has 6 nitrogen and oxygen atoms in total. The Bertz CT molecular complexity index is 624. The van der Waals surface area contributed by atoms with E-state index < -0.39 is 11.7 Å². The largest absolute Gasteiger partial charge is 0.416 e. The van der Waals surface area contributed by atoms with E-state index >= 15 is 0 Å². The second-order valence-corrected chi connectivity index (χ2v) is 6.36. The third-order valence-corrected chi connectivity index (χ3v) is 4.38. The van der Waals surface area contributed by atoms with Gasteiger partial charge in [-0.05, 0) is 25.1 Å². The van der Waals surface area contributed by atoms with Gasteiger partial charge in [-0.3, -0.25) is 4.99 Å². The van der Waals surface area contributed by atoms with Gasteiger partial charge in [-0.15, -0.1) is 24.0 Å². The molecule has 0 bridgehead atoms. The minimum atomic E-state index is -4.33. The van der Waals surface area contributed by atoms with E-state index in [2.05, 4.69) is 15.2 Å². The summed E-state index contributed by atoms with van der Waals surface area (Å²) in [6, 6.07) is 5.50. The van der Waals surface area contributed by atoms with Crippen LogP contribution in [0.25, 0.3) is 0 Å². The third-order valence-electron chi connectivity index (χ3n) is 4.38. The van der Waals surface area contributed by atoms with Crippen molar-refractivity contribution in [3.8, 4) is 0 Å². The lowest BCUT2D eigenvalue weighted by Gasteiger charge is -2.38. The molecular weight excluding hydrogens is 500 g/mol. The number of methoxy groups -OCH3 is 1. The molecule has 1 aliphatic rings. The molecule has 1 N–H and O–H groups in total. The summed E-state index contributed by atoms with van der Waals surface area (Å²) >= 11 is 0. The van der Waals surface area contributed by atoms with Crippen LogP contribution in [0.3, 0.4) is 0 Å². The minimum absolute atomic E-state index is 0. The first-order valence-electron chi connectivity index (χ1n) is 9.48. The summed E-state index contributed by atoms with van der Waals surface area (Å²) in [6.07, 6.45) is -4.33. The van der Waals surface area contributed by atoms with E-state index in [1.807, 2.05) is 11.8 Å². The summed E-state index contributed by atoms with van der Waals surface area (Å²) in [7, 11) is 1.63. The molecular formula is C19H30F3IN4O2. The van der Waals surface area contributed by atoms with Gasteiger partial charge < -0.3 is 24.6 Å². The lowest BCUT2D eigenvalue weighted by Crippen LogP contribution is -2.52. The monoisotopic (exact) mass is 530 g/mol. The first-order chi connectivity index (χ1) is 13.5. The Morgan fingerprint density at radius 2 is 1.86 bits per heavy atom. The maximum Gasteiger partial charge on any atom is 0.416 e. The molecule has 0 radical (unpaired) electrons. The molecule has 10 heteroatoms. The van der Waals surface area contributed by atoms with Crippen LogP contribution in [0, 0.1) is 0 Å². The molecule has 0 amide bonds. The highest BCUT2D eigenvalue weighted by atomic mass is 127. The molecule has 2 rings (SSSR count). The predicted molar refractivity (Wildman–Crippen MR) is 119 cm³/mol. The number of nitrogens with one attached hydrogen (secondary N) is 1. The van der Waals surface area contributed by atoms with Crippen molar-refractivity contribution in [3.63, 3.8) is 0 Å². The van der Waals surface area contributed by atoms with Gasteiger partial charge in [0.05, 0.1) is 31.9 Å². The molecule has 166 valence electrons. The number of ether oxygens (including phenoxy) is 2. The molecule has 1 aromatic rings. The maximum absolute atomic E-state index is 12.9. The van der Waals surface area contributed by atoms with Crippen molar-refractivity contribution in [3.05, 3.63) is 29.8 Å². The van der Waals surface area contributed by atoms with Gasteiger partial charge >= 0.3 is 6.18 Å². The molecule has 1 saturated heterocycles. The highest BCUT2D eigenvalue weighted by Crippen LogP contribution is 2.31. The number of hydrogen-bond acceptors (Lipinski definition) is 4. The van der Waals surface area contributed by atoms with Gasteiger partial charge in [0.2, 0.25) is 0 Å². The summed E-state index contributed by atoms with van der Waals surface area (Å²) in [5, 5.41) is 3.27. The molecule has 1 aromatic carbocycles. The zero-order valence-corrected chi connectivity index (χ0v) is 19.2. The number of piperazine rings is 1. The van der Waals surface area contributed by atoms with Crippen LogP contribution in [-0.2, 0) is 15.7 Å². The smallest absolute Gasteiger partial charge is 0.382 e. The fourth-order valence-electron chi connectivity index (χ4n) is 2.94. The van der Waals surface area contributed by atoms with Crippen LogP contribution in [0.15, 0.2) is 29.3 Å². The topological polar surface area (TPSA) is 49.3 Å². The quantitative estimate of drug-likeness (QED) is 0.243. The summed E-state index contributed by atoms with van der Waals surface area (Å²) in [5.41, 5.74) is -0.0150. The number of anilines is 1. The van der Waals surface area contributed by atoms with E-state index in [0.29, 0.717) is 58.2 Å². The first-order valence-corrected chi connectivity index (χ1v) is 9.48. The fourth-order valence-corrected chi connectivity index (χ4v) is 2.94. The summed E-state index contributed by atoms with van der Waals surface area (Å²) in [6.45, 7) is 7.55. The number of guanidine groups is 1. The summed E-state index contributed by atoms with van der Waals surface area (Å²) in [4.78, 5) is 8.68. The van der Waals surface area contributed by atoms with E-state index in [9.17, 15) is 13.2 Å². The van der Waals surface area contributed by atoms with Crippen LogP contribution in [0.4, 0.5) is 18.9 Å². The average molecular weight is 530 g/mol. The van der Waals surface area contributed by atoms with Crippen LogP contribution in [-0.4, -0.2) is 77.1 Å². The fraction of sp³-hybridized carbons (Fsp3) is 0.632. The normalized spacial score (nSPS) is 15.3. The van der Waals surface area contributed by atoms with Crippen molar-refractivity contribution >= 4 is 35.6 Å². The molecule has 0 saturated carbocycles. The molecule has 0 unspecified atom stereocenters. The number of nitrogens with zero attached hydrogens (tertiary/aromatic N) is 3. The Balaban J connectivity index is 0.00000420. The van der Waals surface area contributed by atoms with Crippen LogP contribution in [0.1, 0.15) is 12.5 Å². The Hall–Kier alpha value is -1.27. The van der Waals surface area contributed by atoms with Crippen molar-refractivity contribution in [2.75, 3.05) is 71.1 Å². The molecule has 1 fully saturated rings. The number of alkyl halides is 3. The van der Waals surface area contributed by atoms with E-state index in [1.54, 1.807) is 13.2 Å². The van der Waals surface area contributed by atoms with Crippen molar-refractivity contribution in [2.24, 2.45) is 4.99 Å². The number of aliphatic imine (C=N–C) groups is 1. The van der Waals surface area contributed by atoms with Crippen LogP contribution in [0.2, 0.25) is 0 Å². The molecule has 29 heavy (non-hydrogen) atoms. The van der Waals surface area contributed by atoms with Crippen LogP contribution in [0.5, 0.6) is 0 Å². The van der Waals surface area contributed by atoms with Crippen molar-refractivity contribution < 1.29 is 22.6 Å². The van der Waals surface area contributed by atoms with Gasteiger partial charge in [-0.1, -0.05) is 6.07 Å². The van der Waals surface area contributed by atoms with E-state index in [-0.39, 0.29) is 24.0 Å². The SMILES string of the molecule is CCNC(=NCCOCCOC)N1CCN(c2cccc(C(F)(F)F)c2)CC1.I. The zero-order chi connectivity index (χ0) is 20.4. The highest BCUT2D eigenvalue weighted by Gasteiger charge is 2.31. The van der Waals surface area contributed by atoms with Gasteiger partial charge in [-0.2, -0.15) is 13.2 Å². The van der Waals surface area contributed by atoms with Gasteiger partial charge in [0.25, 0.3) is 0 Å². The third kappa shape index (κ3) is 8.55. The Kier molecular flexibility index (Phi) is 11.7. The van der Waals surface area contributed by atoms with Gasteiger partial charge in [0.1, 0.15) is 0 Å². The number of rotatable bonds is 8. The Morgan fingerprint density at radius 1 is 1.14 bits per heavy atom. The molecule has 0 spiro atoms. The molecule has 0 aromatic heterocycles. The number of benzene rings is 1. The molecule has 1 heterocycles. The van der Waals surface area contributed by atoms with Crippen molar-refractivity contribution in [1.29, 1.82) is 0 Å². The molecule has 0 aliphatic carbocycles. The van der Waals surface area contributed by atoms with Gasteiger partial charge in [0.15, 0.2) is 5.96 Å². The number of hydrogen-bond donors (Lipinski definition) is 1. The minimum Gasteiger partial charge on any atom is -0.382 e. The standard InChI is InChI=1S/C19H29F3N4O2.HI/c1-3-23-18(24-7-12-28-14-13-27-2)26-10-8-25(9-11-26)17-6-4-5-16(15-17)19(20,21)22;/h4-6,15H,3,7-14H2,1-2H3,(H,23,24);1H. The van der Waals surface area contributed by atoms with Crippen molar-refractivity contribution in [2.45, 2.75) is 13.1 Å². The number of halogens is 4. The van der Waals surface area contributed by atoms with E-state index in [0.717, 1.165) is 18.6 Å². The second-order valence-electron chi connectivity index (χ2n) is 6.36. The van der Waals surface area contributed by atoms with Gasteiger partial charge in [-0.25, -0.2) is 0 Å². The maximum atomic E-state index is 12.9. The first kappa shape index (κ1) is 25.8. The predicted octanol–water partition coefficient (Wildman–Crippen LogP) is 3.07. The van der Waals surface area contributed by atoms with E-state index in [4.69, 9.17) is 9.47 Å². The van der Waals surface area contributed by atoms with Crippen molar-refractivity contribution in [1.82, 2.24) is 10.2 Å². The molecule has 1 aliphatic heterocycles. The Labute approximate surface area is 187 Å². The average Bonchev–Trinajstić information content (AvgIpc) is 2.69. The van der Waals surface area contributed by atoms with E-state index in [1.165, 1.54) is 12.1 Å². The highest BCUT2D eigenvalue weighted by molar-refractivity contribution is 14.0. The second kappa shape index (κ2) is 13.1. The zero-order valence-electron chi connectivity index (χ0n) is 16.9. The van der Waals surface area contributed by atoms with Crippen LogP contribution >= 0.6 is 24.0 Å². The summed E-state index contributed by atoms with van der Waals surface area (Å²) in [5.74, 6) is 0.807. The lowest BCUT2D eigenvalue weighted by atomic mass is 10.1. The molecule has 0 atom stereocenters.